The van der Waals surface area contributed by atoms with Crippen molar-refractivity contribution in [2.45, 2.75) is 13.8 Å². The number of hydrogen-bond donors (Lipinski definition) is 1. The van der Waals surface area contributed by atoms with Gasteiger partial charge in [0.2, 0.25) is 0 Å². The molecule has 0 aromatic heterocycles. The number of carbonyl (C=O) groups excluding carboxylic acids is 1. The van der Waals surface area contributed by atoms with Crippen LogP contribution in [0.1, 0.15) is 16.7 Å². The van der Waals surface area contributed by atoms with E-state index in [0.717, 1.165) is 28.2 Å². The van der Waals surface area contributed by atoms with Gasteiger partial charge in [0.05, 0.1) is 6.21 Å². The lowest BCUT2D eigenvalue weighted by molar-refractivity contribution is -0.123. The SMILES string of the molecule is Cc1cccc(C)c1OCC(=O)N/N=C/c1cccc(Oc2ccccc2)c1. The zero-order valence-electron chi connectivity index (χ0n) is 15.9. The van der Waals surface area contributed by atoms with Crippen LogP contribution in [0, 0.1) is 13.8 Å². The fourth-order valence-corrected chi connectivity index (χ4v) is 2.66. The van der Waals surface area contributed by atoms with E-state index in [0.29, 0.717) is 5.75 Å². The minimum Gasteiger partial charge on any atom is -0.483 e. The molecular formula is C23H22N2O3. The fourth-order valence-electron chi connectivity index (χ4n) is 2.66. The first-order valence-corrected chi connectivity index (χ1v) is 8.96. The number of nitrogens with one attached hydrogen (secondary N) is 1. The number of nitrogens with zero attached hydrogens (tertiary/aromatic N) is 1. The van der Waals surface area contributed by atoms with Gasteiger partial charge in [-0.3, -0.25) is 4.79 Å². The van der Waals surface area contributed by atoms with Crippen molar-refractivity contribution in [1.29, 1.82) is 0 Å². The summed E-state index contributed by atoms with van der Waals surface area (Å²) in [6.07, 6.45) is 1.56. The summed E-state index contributed by atoms with van der Waals surface area (Å²) < 4.78 is 11.4. The largest absolute Gasteiger partial charge is 0.483 e. The minimum atomic E-state index is -0.324. The van der Waals surface area contributed by atoms with Crippen molar-refractivity contribution in [1.82, 2.24) is 5.43 Å². The summed E-state index contributed by atoms with van der Waals surface area (Å²) in [5.74, 6) is 1.86. The van der Waals surface area contributed by atoms with Gasteiger partial charge >= 0.3 is 0 Å². The van der Waals surface area contributed by atoms with E-state index < -0.39 is 0 Å². The van der Waals surface area contributed by atoms with Gasteiger partial charge in [-0.15, -0.1) is 0 Å². The van der Waals surface area contributed by atoms with Crippen LogP contribution in [0.2, 0.25) is 0 Å². The average molecular weight is 374 g/mol. The predicted octanol–water partition coefficient (Wildman–Crippen LogP) is 4.62. The second kappa shape index (κ2) is 9.37. The van der Waals surface area contributed by atoms with E-state index in [4.69, 9.17) is 9.47 Å². The lowest BCUT2D eigenvalue weighted by Crippen LogP contribution is -2.25. The third-order valence-corrected chi connectivity index (χ3v) is 4.00. The summed E-state index contributed by atoms with van der Waals surface area (Å²) in [6, 6.07) is 22.8. The van der Waals surface area contributed by atoms with Crippen LogP contribution in [-0.4, -0.2) is 18.7 Å². The molecule has 5 nitrogen and oxygen atoms in total. The number of ether oxygens (including phenoxy) is 2. The summed E-state index contributed by atoms with van der Waals surface area (Å²) in [5.41, 5.74) is 5.27. The molecule has 1 amide bonds. The Kier molecular flexibility index (Phi) is 6.41. The summed E-state index contributed by atoms with van der Waals surface area (Å²) in [4.78, 5) is 12.0. The molecule has 0 fully saturated rings. The number of benzene rings is 3. The zero-order valence-corrected chi connectivity index (χ0v) is 15.9. The third-order valence-electron chi connectivity index (χ3n) is 4.00. The molecule has 0 heterocycles. The molecule has 0 radical (unpaired) electrons. The van der Waals surface area contributed by atoms with Gasteiger partial charge in [-0.2, -0.15) is 5.10 Å². The smallest absolute Gasteiger partial charge is 0.277 e. The van der Waals surface area contributed by atoms with Gasteiger partial charge in [-0.25, -0.2) is 5.43 Å². The molecule has 0 saturated carbocycles. The molecule has 3 aromatic carbocycles. The Morgan fingerprint density at radius 2 is 1.61 bits per heavy atom. The Morgan fingerprint density at radius 1 is 0.929 bits per heavy atom. The first-order chi connectivity index (χ1) is 13.6. The number of hydrogen-bond acceptors (Lipinski definition) is 4. The molecule has 3 rings (SSSR count). The number of rotatable bonds is 7. The van der Waals surface area contributed by atoms with Crippen LogP contribution in [0.5, 0.6) is 17.2 Å². The van der Waals surface area contributed by atoms with Crippen molar-refractivity contribution < 1.29 is 14.3 Å². The van der Waals surface area contributed by atoms with Gasteiger partial charge in [0.1, 0.15) is 17.2 Å². The molecule has 28 heavy (non-hydrogen) atoms. The van der Waals surface area contributed by atoms with E-state index in [9.17, 15) is 4.79 Å². The van der Waals surface area contributed by atoms with Crippen molar-refractivity contribution >= 4 is 12.1 Å². The van der Waals surface area contributed by atoms with Crippen LogP contribution in [-0.2, 0) is 4.79 Å². The number of hydrazone groups is 1. The highest BCUT2D eigenvalue weighted by Crippen LogP contribution is 2.22. The second-order valence-corrected chi connectivity index (χ2v) is 6.29. The second-order valence-electron chi connectivity index (χ2n) is 6.29. The quantitative estimate of drug-likeness (QED) is 0.485. The van der Waals surface area contributed by atoms with Crippen molar-refractivity contribution in [2.24, 2.45) is 5.10 Å². The highest BCUT2D eigenvalue weighted by molar-refractivity contribution is 5.83. The van der Waals surface area contributed by atoms with Gasteiger partial charge in [0.15, 0.2) is 6.61 Å². The molecule has 3 aromatic rings. The van der Waals surface area contributed by atoms with Crippen LogP contribution >= 0.6 is 0 Å². The molecule has 0 unspecified atom stereocenters. The molecule has 0 aliphatic rings. The van der Waals surface area contributed by atoms with Crippen molar-refractivity contribution in [3.05, 3.63) is 89.5 Å². The molecule has 5 heteroatoms. The van der Waals surface area contributed by atoms with Crippen LogP contribution in [0.4, 0.5) is 0 Å². The first kappa shape index (κ1) is 19.2. The molecule has 142 valence electrons. The summed E-state index contributed by atoms with van der Waals surface area (Å²) in [5, 5.41) is 3.99. The standard InChI is InChI=1S/C23H22N2O3/c1-17-8-6-9-18(2)23(17)27-16-22(26)25-24-15-19-10-7-13-21(14-19)28-20-11-4-3-5-12-20/h3-15H,16H2,1-2H3,(H,25,26)/b24-15+. The van der Waals surface area contributed by atoms with E-state index >= 15 is 0 Å². The van der Waals surface area contributed by atoms with E-state index in [2.05, 4.69) is 10.5 Å². The molecule has 0 spiro atoms. The lowest BCUT2D eigenvalue weighted by atomic mass is 10.1. The summed E-state index contributed by atoms with van der Waals surface area (Å²) in [6.45, 7) is 3.80. The maximum absolute atomic E-state index is 12.0. The van der Waals surface area contributed by atoms with Crippen LogP contribution in [0.15, 0.2) is 77.9 Å². The van der Waals surface area contributed by atoms with Crippen molar-refractivity contribution in [2.75, 3.05) is 6.61 Å². The topological polar surface area (TPSA) is 59.9 Å². The van der Waals surface area contributed by atoms with Crippen molar-refractivity contribution in [3.63, 3.8) is 0 Å². The van der Waals surface area contributed by atoms with Gasteiger partial charge in [-0.05, 0) is 54.8 Å². The third kappa shape index (κ3) is 5.45. The Balaban J connectivity index is 1.53. The normalized spacial score (nSPS) is 10.6. The monoisotopic (exact) mass is 374 g/mol. The minimum absolute atomic E-state index is 0.0970. The summed E-state index contributed by atoms with van der Waals surface area (Å²) >= 11 is 0. The van der Waals surface area contributed by atoms with Gasteiger partial charge in [0.25, 0.3) is 5.91 Å². The maximum Gasteiger partial charge on any atom is 0.277 e. The molecular weight excluding hydrogens is 352 g/mol. The number of aryl methyl sites for hydroxylation is 2. The Morgan fingerprint density at radius 3 is 2.36 bits per heavy atom. The zero-order chi connectivity index (χ0) is 19.8. The van der Waals surface area contributed by atoms with Crippen LogP contribution in [0.25, 0.3) is 0 Å². The highest BCUT2D eigenvalue weighted by atomic mass is 16.5. The van der Waals surface area contributed by atoms with Crippen molar-refractivity contribution in [3.8, 4) is 17.2 Å². The van der Waals surface area contributed by atoms with E-state index in [1.165, 1.54) is 0 Å². The Hall–Kier alpha value is -3.60. The van der Waals surface area contributed by atoms with Crippen LogP contribution in [0.3, 0.4) is 0 Å². The van der Waals surface area contributed by atoms with E-state index in [1.54, 1.807) is 6.21 Å². The molecule has 1 N–H and O–H groups in total. The average Bonchev–Trinajstić information content (AvgIpc) is 2.69. The molecule has 0 bridgehead atoms. The van der Waals surface area contributed by atoms with Gasteiger partial charge in [0, 0.05) is 0 Å². The van der Waals surface area contributed by atoms with E-state index in [1.807, 2.05) is 86.6 Å². The van der Waals surface area contributed by atoms with Gasteiger partial charge in [-0.1, -0.05) is 48.5 Å². The van der Waals surface area contributed by atoms with E-state index in [-0.39, 0.29) is 12.5 Å². The maximum atomic E-state index is 12.0. The molecule has 0 saturated heterocycles. The molecule has 0 aliphatic carbocycles. The number of para-hydroxylation sites is 2. The predicted molar refractivity (Wildman–Crippen MR) is 110 cm³/mol. The summed E-state index contributed by atoms with van der Waals surface area (Å²) in [7, 11) is 0. The number of carbonyl (C=O) groups is 1. The lowest BCUT2D eigenvalue weighted by Gasteiger charge is -2.10. The Bertz CT molecular complexity index is 948. The number of amides is 1. The molecule has 0 aliphatic heterocycles. The van der Waals surface area contributed by atoms with Gasteiger partial charge < -0.3 is 9.47 Å². The fraction of sp³-hybridized carbons (Fsp3) is 0.130. The Labute approximate surface area is 164 Å². The molecule has 0 atom stereocenters. The highest BCUT2D eigenvalue weighted by Gasteiger charge is 2.06. The first-order valence-electron chi connectivity index (χ1n) is 8.96. The van der Waals surface area contributed by atoms with Crippen LogP contribution < -0.4 is 14.9 Å².